The molecule has 0 aliphatic carbocycles. The van der Waals surface area contributed by atoms with Gasteiger partial charge in [0.1, 0.15) is 11.6 Å². The number of rotatable bonds is 3. The molecule has 0 unspecified atom stereocenters. The van der Waals surface area contributed by atoms with Crippen LogP contribution >= 0.6 is 0 Å². The lowest BCUT2D eigenvalue weighted by molar-refractivity contribution is 0.0879. The first-order valence-corrected chi connectivity index (χ1v) is 8.22. The summed E-state index contributed by atoms with van der Waals surface area (Å²) in [6.07, 6.45) is 0. The Balaban J connectivity index is 1.74. The summed E-state index contributed by atoms with van der Waals surface area (Å²) in [6, 6.07) is 13.0. The Labute approximate surface area is 157 Å². The zero-order valence-corrected chi connectivity index (χ0v) is 14.3. The summed E-state index contributed by atoms with van der Waals surface area (Å²) in [6.45, 7) is 0. The molecule has 8 nitrogen and oxygen atoms in total. The fourth-order valence-electron chi connectivity index (χ4n) is 3.09. The Bertz CT molecular complexity index is 1210. The lowest BCUT2D eigenvalue weighted by Crippen LogP contribution is -2.24. The molecule has 8 heteroatoms. The second-order valence-electron chi connectivity index (χ2n) is 6.20. The number of nitrogens with zero attached hydrogens (tertiary/aromatic N) is 1. The third-order valence-electron chi connectivity index (χ3n) is 4.47. The van der Waals surface area contributed by atoms with E-state index in [0.29, 0.717) is 16.8 Å². The highest BCUT2D eigenvalue weighted by Gasteiger charge is 2.31. The van der Waals surface area contributed by atoms with Crippen LogP contribution in [0.15, 0.2) is 59.4 Å². The number of aromatic nitrogens is 1. The maximum atomic E-state index is 12.5. The van der Waals surface area contributed by atoms with Gasteiger partial charge in [0.05, 0.1) is 16.8 Å². The minimum atomic E-state index is -0.662. The molecule has 3 aromatic rings. The average molecular weight is 375 g/mol. The van der Waals surface area contributed by atoms with Crippen molar-refractivity contribution in [1.82, 2.24) is 9.88 Å². The number of carbonyl (C=O) groups is 3. The Morgan fingerprint density at radius 1 is 0.893 bits per heavy atom. The quantitative estimate of drug-likeness (QED) is 0.466. The number of benzene rings is 2. The first-order chi connectivity index (χ1) is 13.4. The summed E-state index contributed by atoms with van der Waals surface area (Å²) in [4.78, 5) is 48.6. The van der Waals surface area contributed by atoms with Gasteiger partial charge in [-0.1, -0.05) is 0 Å². The van der Waals surface area contributed by atoms with Crippen LogP contribution in [-0.2, 0) is 0 Å². The minimum Gasteiger partial charge on any atom is -0.508 e. The van der Waals surface area contributed by atoms with Crippen molar-refractivity contribution in [2.75, 3.05) is 5.73 Å². The van der Waals surface area contributed by atoms with E-state index >= 15 is 0 Å². The molecule has 0 spiro atoms. The van der Waals surface area contributed by atoms with Crippen LogP contribution < -0.4 is 16.6 Å². The number of ketones is 1. The van der Waals surface area contributed by atoms with E-state index < -0.39 is 17.4 Å². The molecule has 0 atom stereocenters. The Kier molecular flexibility index (Phi) is 3.82. The van der Waals surface area contributed by atoms with Crippen molar-refractivity contribution in [2.24, 2.45) is 0 Å². The summed E-state index contributed by atoms with van der Waals surface area (Å²) in [5.41, 5.74) is 6.43. The van der Waals surface area contributed by atoms with Gasteiger partial charge in [0.2, 0.25) is 0 Å². The van der Waals surface area contributed by atoms with Crippen molar-refractivity contribution < 1.29 is 19.5 Å². The van der Waals surface area contributed by atoms with Crippen LogP contribution in [0.4, 0.5) is 5.82 Å². The van der Waals surface area contributed by atoms with E-state index in [9.17, 15) is 24.3 Å². The predicted octanol–water partition coefficient (Wildman–Crippen LogP) is 1.24. The molecular weight excluding hydrogens is 362 g/mol. The number of phenols is 1. The fraction of sp³-hybridized carbons (Fsp3) is 0. The largest absolute Gasteiger partial charge is 0.508 e. The van der Waals surface area contributed by atoms with Crippen LogP contribution in [0.1, 0.15) is 36.6 Å². The lowest BCUT2D eigenvalue weighted by Gasteiger charge is -2.12. The summed E-state index contributed by atoms with van der Waals surface area (Å²) >= 11 is 0. The van der Waals surface area contributed by atoms with Crippen LogP contribution in [0.5, 0.6) is 5.75 Å². The Morgan fingerprint density at radius 3 is 2.07 bits per heavy atom. The number of fused-ring (bicyclic) bond motifs is 1. The van der Waals surface area contributed by atoms with Crippen molar-refractivity contribution in [3.05, 3.63) is 87.2 Å². The van der Waals surface area contributed by atoms with Gasteiger partial charge in [0.15, 0.2) is 5.78 Å². The maximum Gasteiger partial charge on any atom is 0.262 e. The monoisotopic (exact) mass is 375 g/mol. The van der Waals surface area contributed by atoms with Gasteiger partial charge in [-0.2, -0.15) is 0 Å². The lowest BCUT2D eigenvalue weighted by atomic mass is 10.0. The molecular formula is C20H13N3O5. The second kappa shape index (κ2) is 6.20. The number of imide groups is 1. The molecule has 0 bridgehead atoms. The normalized spacial score (nSPS) is 12.6. The fourth-order valence-corrected chi connectivity index (χ4v) is 3.09. The number of carbonyl (C=O) groups excluding carboxylic acids is 3. The highest BCUT2D eigenvalue weighted by Crippen LogP contribution is 2.23. The number of phenolic OH excluding ortho intramolecular Hbond substituents is 1. The zero-order chi connectivity index (χ0) is 20.0. The van der Waals surface area contributed by atoms with Crippen LogP contribution in [0, 0.1) is 0 Å². The van der Waals surface area contributed by atoms with Crippen LogP contribution in [0.3, 0.4) is 0 Å². The highest BCUT2D eigenvalue weighted by molar-refractivity contribution is 6.23. The topological polar surface area (TPSA) is 131 Å². The van der Waals surface area contributed by atoms with Gasteiger partial charge < -0.3 is 10.8 Å². The third-order valence-corrected chi connectivity index (χ3v) is 4.47. The predicted molar refractivity (Wildman–Crippen MR) is 99.8 cm³/mol. The van der Waals surface area contributed by atoms with Crippen molar-refractivity contribution in [2.45, 2.75) is 0 Å². The number of nitrogens with one attached hydrogen (secondary N) is 1. The number of amides is 2. The first-order valence-electron chi connectivity index (χ1n) is 8.22. The van der Waals surface area contributed by atoms with Crippen LogP contribution in [-0.4, -0.2) is 27.3 Å². The van der Waals surface area contributed by atoms with E-state index in [2.05, 4.69) is 5.32 Å². The maximum absolute atomic E-state index is 12.5. The molecule has 4 N–H and O–H groups in total. The summed E-state index contributed by atoms with van der Waals surface area (Å²) in [7, 11) is 0. The minimum absolute atomic E-state index is 0.0474. The molecule has 1 aromatic heterocycles. The molecule has 2 aromatic carbocycles. The van der Waals surface area contributed by atoms with Crippen molar-refractivity contribution in [3.8, 4) is 11.4 Å². The number of nitrogen functional groups attached to an aromatic ring is 1. The standard InChI is InChI=1S/C20H13N3O5/c21-18-16-14(19(27)22-20(16)28)9-15(25)23(18)12-5-1-10(2-6-12)17(26)11-3-7-13(24)8-4-11/h1-9,24H,21H2,(H,22,27,28). The van der Waals surface area contributed by atoms with Crippen LogP contribution in [0.25, 0.3) is 5.69 Å². The number of hydrogen-bond donors (Lipinski definition) is 3. The molecule has 1 aliphatic heterocycles. The Morgan fingerprint density at radius 2 is 1.46 bits per heavy atom. The second-order valence-corrected chi connectivity index (χ2v) is 6.20. The highest BCUT2D eigenvalue weighted by atomic mass is 16.3. The molecule has 28 heavy (non-hydrogen) atoms. The van der Waals surface area contributed by atoms with Crippen molar-refractivity contribution in [1.29, 1.82) is 0 Å². The van der Waals surface area contributed by atoms with E-state index in [1.54, 1.807) is 0 Å². The van der Waals surface area contributed by atoms with Gasteiger partial charge in [-0.25, -0.2) is 0 Å². The molecule has 0 saturated heterocycles. The van der Waals surface area contributed by atoms with Gasteiger partial charge in [0.25, 0.3) is 17.4 Å². The molecule has 2 heterocycles. The zero-order valence-electron chi connectivity index (χ0n) is 14.3. The number of anilines is 1. The van der Waals surface area contributed by atoms with Gasteiger partial charge in [-0.15, -0.1) is 0 Å². The molecule has 0 fully saturated rings. The number of pyridine rings is 1. The summed E-state index contributed by atoms with van der Waals surface area (Å²) in [5.74, 6) is -1.67. The van der Waals surface area contributed by atoms with E-state index in [0.717, 1.165) is 10.6 Å². The van der Waals surface area contributed by atoms with E-state index in [4.69, 9.17) is 5.73 Å². The van der Waals surface area contributed by atoms with Gasteiger partial charge >= 0.3 is 0 Å². The number of hydrogen-bond acceptors (Lipinski definition) is 6. The van der Waals surface area contributed by atoms with Crippen molar-refractivity contribution in [3.63, 3.8) is 0 Å². The number of aromatic hydroxyl groups is 1. The number of nitrogens with two attached hydrogens (primary N) is 1. The molecule has 4 rings (SSSR count). The SMILES string of the molecule is Nc1c2c(cc(=O)n1-c1ccc(C(=O)c3ccc(O)cc3)cc1)C(=O)NC2=O. The molecule has 2 amide bonds. The molecule has 1 aliphatic rings. The van der Waals surface area contributed by atoms with Gasteiger partial charge in [-0.05, 0) is 48.5 Å². The van der Waals surface area contributed by atoms with Gasteiger partial charge in [-0.3, -0.25) is 29.1 Å². The van der Waals surface area contributed by atoms with Gasteiger partial charge in [0, 0.05) is 17.2 Å². The summed E-state index contributed by atoms with van der Waals surface area (Å²) < 4.78 is 1.10. The average Bonchev–Trinajstić information content (AvgIpc) is 2.96. The van der Waals surface area contributed by atoms with E-state index in [-0.39, 0.29) is 28.5 Å². The summed E-state index contributed by atoms with van der Waals surface area (Å²) in [5, 5.41) is 11.4. The van der Waals surface area contributed by atoms with E-state index in [1.165, 1.54) is 48.5 Å². The van der Waals surface area contributed by atoms with E-state index in [1.807, 2.05) is 0 Å². The Hall–Kier alpha value is -4.20. The smallest absolute Gasteiger partial charge is 0.262 e. The van der Waals surface area contributed by atoms with Crippen LogP contribution in [0.2, 0.25) is 0 Å². The molecule has 0 radical (unpaired) electrons. The molecule has 138 valence electrons. The van der Waals surface area contributed by atoms with Crippen molar-refractivity contribution >= 4 is 23.4 Å². The first kappa shape index (κ1) is 17.2. The molecule has 0 saturated carbocycles. The third kappa shape index (κ3) is 2.64.